The fourth-order valence-corrected chi connectivity index (χ4v) is 2.84. The minimum absolute atomic E-state index is 0.252. The highest BCUT2D eigenvalue weighted by atomic mass is 35.5. The molecule has 0 aliphatic rings. The Balaban J connectivity index is 2.15. The molecule has 0 N–H and O–H groups in total. The highest BCUT2D eigenvalue weighted by Crippen LogP contribution is 2.35. The number of alkyl halides is 1. The van der Waals surface area contributed by atoms with E-state index in [0.29, 0.717) is 5.56 Å². The second-order valence-electron chi connectivity index (χ2n) is 4.96. The molecule has 20 heavy (non-hydrogen) atoms. The van der Waals surface area contributed by atoms with E-state index in [-0.39, 0.29) is 5.82 Å². The van der Waals surface area contributed by atoms with E-state index in [4.69, 9.17) is 11.6 Å². The van der Waals surface area contributed by atoms with E-state index in [9.17, 15) is 4.39 Å². The van der Waals surface area contributed by atoms with Gasteiger partial charge in [0.05, 0.1) is 5.38 Å². The second kappa shape index (κ2) is 5.26. The van der Waals surface area contributed by atoms with Crippen molar-refractivity contribution in [3.8, 4) is 0 Å². The van der Waals surface area contributed by atoms with E-state index in [0.717, 1.165) is 21.9 Å². The molecule has 100 valence electrons. The molecule has 0 aliphatic carbocycles. The van der Waals surface area contributed by atoms with Crippen molar-refractivity contribution >= 4 is 22.4 Å². The van der Waals surface area contributed by atoms with E-state index in [2.05, 4.69) is 0 Å². The third-order valence-electron chi connectivity index (χ3n) is 3.53. The Morgan fingerprint density at radius 3 is 2.45 bits per heavy atom. The summed E-state index contributed by atoms with van der Waals surface area (Å²) in [5, 5.41) is 1.69. The fraction of sp³-hybridized carbons (Fsp3) is 0.111. The smallest absolute Gasteiger partial charge is 0.128 e. The van der Waals surface area contributed by atoms with Gasteiger partial charge in [-0.1, -0.05) is 54.6 Å². The molecule has 0 radical (unpaired) electrons. The molecule has 3 rings (SSSR count). The molecule has 0 saturated heterocycles. The predicted octanol–water partition coefficient (Wildman–Crippen LogP) is 5.62. The van der Waals surface area contributed by atoms with E-state index >= 15 is 0 Å². The molecule has 0 nitrogen and oxygen atoms in total. The van der Waals surface area contributed by atoms with Gasteiger partial charge in [-0.2, -0.15) is 0 Å². The summed E-state index contributed by atoms with van der Waals surface area (Å²) in [6.45, 7) is 1.87. The van der Waals surface area contributed by atoms with Crippen LogP contribution in [0.1, 0.15) is 22.1 Å². The largest absolute Gasteiger partial charge is 0.207 e. The van der Waals surface area contributed by atoms with Crippen LogP contribution in [-0.2, 0) is 0 Å². The van der Waals surface area contributed by atoms with E-state index in [1.165, 1.54) is 6.07 Å². The normalized spacial score (nSPS) is 12.6. The number of rotatable bonds is 2. The molecular formula is C18H14ClF. The second-order valence-corrected chi connectivity index (χ2v) is 5.39. The van der Waals surface area contributed by atoms with Crippen LogP contribution in [0, 0.1) is 12.7 Å². The lowest BCUT2D eigenvalue weighted by atomic mass is 9.97. The zero-order valence-corrected chi connectivity index (χ0v) is 11.9. The molecule has 0 spiro atoms. The lowest BCUT2D eigenvalue weighted by molar-refractivity contribution is 0.611. The van der Waals surface area contributed by atoms with Crippen molar-refractivity contribution in [1.29, 1.82) is 0 Å². The van der Waals surface area contributed by atoms with Gasteiger partial charge < -0.3 is 0 Å². The number of fused-ring (bicyclic) bond motifs is 1. The van der Waals surface area contributed by atoms with E-state index in [1.54, 1.807) is 6.07 Å². The Labute approximate surface area is 122 Å². The van der Waals surface area contributed by atoms with Crippen molar-refractivity contribution in [3.63, 3.8) is 0 Å². The Hall–Kier alpha value is -1.86. The first-order valence-corrected chi connectivity index (χ1v) is 6.98. The van der Waals surface area contributed by atoms with Gasteiger partial charge in [0.1, 0.15) is 5.82 Å². The molecule has 0 amide bonds. The van der Waals surface area contributed by atoms with Crippen LogP contribution < -0.4 is 0 Å². The number of hydrogen-bond acceptors (Lipinski definition) is 0. The maximum Gasteiger partial charge on any atom is 0.128 e. The van der Waals surface area contributed by atoms with Crippen LogP contribution in [0.3, 0.4) is 0 Å². The van der Waals surface area contributed by atoms with Crippen molar-refractivity contribution < 1.29 is 4.39 Å². The van der Waals surface area contributed by atoms with Gasteiger partial charge in [0.15, 0.2) is 0 Å². The Morgan fingerprint density at radius 1 is 0.900 bits per heavy atom. The standard InChI is InChI=1S/C18H14ClF/c1-12-9-10-16(17(20)11-12)18(19)15-8-4-6-13-5-2-3-7-14(13)15/h2-11,18H,1H3. The minimum Gasteiger partial charge on any atom is -0.207 e. The Bertz CT molecular complexity index is 759. The molecular weight excluding hydrogens is 271 g/mol. The molecule has 2 heteroatoms. The molecule has 1 atom stereocenters. The third-order valence-corrected chi connectivity index (χ3v) is 4.00. The maximum atomic E-state index is 14.1. The number of aryl methyl sites for hydroxylation is 1. The van der Waals surface area contributed by atoms with Crippen LogP contribution in [-0.4, -0.2) is 0 Å². The fourth-order valence-electron chi connectivity index (χ4n) is 2.48. The van der Waals surface area contributed by atoms with Gasteiger partial charge >= 0.3 is 0 Å². The molecule has 1 unspecified atom stereocenters. The summed E-state index contributed by atoms with van der Waals surface area (Å²) in [5.74, 6) is -0.252. The van der Waals surface area contributed by atoms with Crippen molar-refractivity contribution in [2.75, 3.05) is 0 Å². The zero-order chi connectivity index (χ0) is 14.1. The van der Waals surface area contributed by atoms with Crippen LogP contribution >= 0.6 is 11.6 Å². The summed E-state index contributed by atoms with van der Waals surface area (Å²) in [7, 11) is 0. The average Bonchev–Trinajstić information content (AvgIpc) is 2.46. The highest BCUT2D eigenvalue weighted by molar-refractivity contribution is 6.23. The minimum atomic E-state index is -0.485. The maximum absolute atomic E-state index is 14.1. The molecule has 0 aliphatic heterocycles. The van der Waals surface area contributed by atoms with Crippen LogP contribution in [0.5, 0.6) is 0 Å². The van der Waals surface area contributed by atoms with Crippen LogP contribution in [0.25, 0.3) is 10.8 Å². The molecule has 3 aromatic carbocycles. The summed E-state index contributed by atoms with van der Waals surface area (Å²) >= 11 is 6.53. The van der Waals surface area contributed by atoms with Gasteiger partial charge in [-0.15, -0.1) is 11.6 Å². The van der Waals surface area contributed by atoms with Crippen molar-refractivity contribution in [2.24, 2.45) is 0 Å². The Morgan fingerprint density at radius 2 is 1.65 bits per heavy atom. The Kier molecular flexibility index (Phi) is 3.45. The van der Waals surface area contributed by atoms with Crippen LogP contribution in [0.15, 0.2) is 60.7 Å². The van der Waals surface area contributed by atoms with Crippen molar-refractivity contribution in [2.45, 2.75) is 12.3 Å². The summed E-state index contributed by atoms with van der Waals surface area (Å²) in [5.41, 5.74) is 2.36. The molecule has 0 heterocycles. The lowest BCUT2D eigenvalue weighted by Gasteiger charge is -2.14. The van der Waals surface area contributed by atoms with Gasteiger partial charge in [-0.05, 0) is 34.9 Å². The topological polar surface area (TPSA) is 0 Å². The summed E-state index contributed by atoms with van der Waals surface area (Å²) in [6, 6.07) is 19.1. The van der Waals surface area contributed by atoms with Crippen LogP contribution in [0.4, 0.5) is 4.39 Å². The van der Waals surface area contributed by atoms with Gasteiger partial charge in [0.2, 0.25) is 0 Å². The quantitative estimate of drug-likeness (QED) is 0.536. The SMILES string of the molecule is Cc1ccc(C(Cl)c2cccc3ccccc23)c(F)c1. The number of halogens is 2. The van der Waals surface area contributed by atoms with Gasteiger partial charge in [-0.3, -0.25) is 0 Å². The summed E-state index contributed by atoms with van der Waals surface area (Å²) in [4.78, 5) is 0. The van der Waals surface area contributed by atoms with Crippen LogP contribution in [0.2, 0.25) is 0 Å². The first kappa shape index (κ1) is 13.1. The molecule has 0 bridgehead atoms. The van der Waals surface area contributed by atoms with Crippen molar-refractivity contribution in [1.82, 2.24) is 0 Å². The number of benzene rings is 3. The van der Waals surface area contributed by atoms with E-state index in [1.807, 2.05) is 55.5 Å². The summed E-state index contributed by atoms with van der Waals surface area (Å²) in [6.07, 6.45) is 0. The highest BCUT2D eigenvalue weighted by Gasteiger charge is 2.17. The molecule has 0 aromatic heterocycles. The zero-order valence-electron chi connectivity index (χ0n) is 11.1. The lowest BCUT2D eigenvalue weighted by Crippen LogP contribution is -1.98. The average molecular weight is 285 g/mol. The predicted molar refractivity (Wildman–Crippen MR) is 82.8 cm³/mol. The van der Waals surface area contributed by atoms with Gasteiger partial charge in [-0.25, -0.2) is 4.39 Å². The van der Waals surface area contributed by atoms with Gasteiger partial charge in [0.25, 0.3) is 0 Å². The number of hydrogen-bond donors (Lipinski definition) is 0. The summed E-state index contributed by atoms with van der Waals surface area (Å²) < 4.78 is 14.1. The van der Waals surface area contributed by atoms with E-state index < -0.39 is 5.38 Å². The molecule has 0 saturated carbocycles. The molecule has 0 fully saturated rings. The monoisotopic (exact) mass is 284 g/mol. The molecule has 3 aromatic rings. The van der Waals surface area contributed by atoms with Gasteiger partial charge in [0, 0.05) is 5.56 Å². The first-order chi connectivity index (χ1) is 9.66. The van der Waals surface area contributed by atoms with Crippen molar-refractivity contribution in [3.05, 3.63) is 83.2 Å². The third kappa shape index (κ3) is 2.30. The first-order valence-electron chi connectivity index (χ1n) is 6.54.